The van der Waals surface area contributed by atoms with Gasteiger partial charge >= 0.3 is 11.9 Å². The van der Waals surface area contributed by atoms with E-state index >= 15 is 0 Å². The minimum atomic E-state index is -1.42. The summed E-state index contributed by atoms with van der Waals surface area (Å²) in [5.41, 5.74) is 4.62. The Morgan fingerprint density at radius 1 is 1.35 bits per heavy atom. The lowest BCUT2D eigenvalue weighted by Gasteiger charge is -2.27. The van der Waals surface area contributed by atoms with E-state index in [4.69, 9.17) is 21.1 Å². The van der Waals surface area contributed by atoms with Crippen LogP contribution < -0.4 is 11.1 Å². The lowest BCUT2D eigenvalue weighted by molar-refractivity contribution is -0.144. The first-order valence-electron chi connectivity index (χ1n) is 5.99. The summed E-state index contributed by atoms with van der Waals surface area (Å²) in [5.74, 6) is -4.22. The number of carbonyl (C=O) groups is 3. The third kappa shape index (κ3) is 2.46. The number of aliphatic hydroxyl groups is 1. The van der Waals surface area contributed by atoms with Crippen molar-refractivity contribution in [2.45, 2.75) is 24.4 Å². The molecule has 1 amide bonds. The molecule has 5 atom stereocenters. The van der Waals surface area contributed by atoms with E-state index in [0.29, 0.717) is 12.8 Å². The highest BCUT2D eigenvalue weighted by Gasteiger charge is 2.69. The van der Waals surface area contributed by atoms with Gasteiger partial charge in [0.1, 0.15) is 6.04 Å². The number of amides is 1. The quantitative estimate of drug-likeness (QED) is 0.411. The van der Waals surface area contributed by atoms with E-state index in [0.717, 1.165) is 0 Å². The Morgan fingerprint density at radius 2 is 1.95 bits per heavy atom. The topological polar surface area (TPSA) is 150 Å². The fourth-order valence-corrected chi connectivity index (χ4v) is 3.09. The highest BCUT2D eigenvalue weighted by Crippen LogP contribution is 2.61. The molecule has 0 aromatic carbocycles. The molecule has 0 radical (unpaired) electrons. The number of aliphatic hydroxyl groups excluding tert-OH is 1. The normalized spacial score (nSPS) is 35.4. The van der Waals surface area contributed by atoms with Gasteiger partial charge in [0.05, 0.1) is 18.1 Å². The fourth-order valence-electron chi connectivity index (χ4n) is 3.09. The van der Waals surface area contributed by atoms with Gasteiger partial charge in [-0.2, -0.15) is 0 Å². The molecule has 20 heavy (non-hydrogen) atoms. The summed E-state index contributed by atoms with van der Waals surface area (Å²) in [7, 11) is 0. The van der Waals surface area contributed by atoms with Gasteiger partial charge in [-0.15, -0.1) is 12.4 Å². The molecule has 2 aliphatic rings. The van der Waals surface area contributed by atoms with E-state index in [-0.39, 0.29) is 18.3 Å². The lowest BCUT2D eigenvalue weighted by atomic mass is 9.90. The summed E-state index contributed by atoms with van der Waals surface area (Å²) in [5, 5.41) is 28.7. The van der Waals surface area contributed by atoms with E-state index < -0.39 is 47.9 Å². The van der Waals surface area contributed by atoms with E-state index in [1.54, 1.807) is 0 Å². The summed E-state index contributed by atoms with van der Waals surface area (Å²) in [6.45, 7) is -0.742. The fraction of sp³-hybridized carbons (Fsp3) is 0.727. The Bertz CT molecular complexity index is 445. The third-order valence-electron chi connectivity index (χ3n) is 4.15. The summed E-state index contributed by atoms with van der Waals surface area (Å²) in [6, 6.07) is -1.42. The minimum Gasteiger partial charge on any atom is -0.481 e. The molecule has 0 heterocycles. The first kappa shape index (κ1) is 16.7. The molecule has 2 aliphatic carbocycles. The Hall–Kier alpha value is -1.38. The summed E-state index contributed by atoms with van der Waals surface area (Å²) in [6.07, 6.45) is 0.873. The third-order valence-corrected chi connectivity index (χ3v) is 4.15. The van der Waals surface area contributed by atoms with Gasteiger partial charge < -0.3 is 26.4 Å². The van der Waals surface area contributed by atoms with Crippen LogP contribution in [0.15, 0.2) is 0 Å². The van der Waals surface area contributed by atoms with Crippen LogP contribution in [-0.4, -0.2) is 51.4 Å². The van der Waals surface area contributed by atoms with Crippen molar-refractivity contribution in [1.82, 2.24) is 5.32 Å². The molecular formula is C11H17ClN2O6. The molecule has 114 valence electrons. The lowest BCUT2D eigenvalue weighted by Crippen LogP contribution is -2.59. The van der Waals surface area contributed by atoms with Crippen LogP contribution >= 0.6 is 12.4 Å². The van der Waals surface area contributed by atoms with Crippen molar-refractivity contribution in [3.63, 3.8) is 0 Å². The number of rotatable bonds is 5. The van der Waals surface area contributed by atoms with Crippen LogP contribution in [0.5, 0.6) is 0 Å². The number of carbonyl (C=O) groups excluding carboxylic acids is 1. The summed E-state index contributed by atoms with van der Waals surface area (Å²) >= 11 is 0. The van der Waals surface area contributed by atoms with Crippen molar-refractivity contribution in [3.8, 4) is 0 Å². The monoisotopic (exact) mass is 308 g/mol. The second-order valence-electron chi connectivity index (χ2n) is 5.18. The molecule has 0 aromatic heterocycles. The summed E-state index contributed by atoms with van der Waals surface area (Å²) in [4.78, 5) is 33.7. The van der Waals surface area contributed by atoms with Crippen molar-refractivity contribution in [1.29, 1.82) is 0 Å². The number of nitrogens with two attached hydrogens (primary N) is 1. The Morgan fingerprint density at radius 3 is 2.35 bits per heavy atom. The predicted molar refractivity (Wildman–Crippen MR) is 68.2 cm³/mol. The molecule has 1 unspecified atom stereocenters. The molecule has 0 aromatic rings. The van der Waals surface area contributed by atoms with E-state index in [1.165, 1.54) is 0 Å². The van der Waals surface area contributed by atoms with Crippen LogP contribution in [0.2, 0.25) is 0 Å². The SMILES string of the molecule is Cl.N[C@@]1(C(=O)NC(CO)C(=O)O)CC[C@H]2[C@H](C(=O)O)[C@H]21. The van der Waals surface area contributed by atoms with Gasteiger partial charge in [-0.05, 0) is 18.8 Å². The van der Waals surface area contributed by atoms with Crippen LogP contribution in [0.3, 0.4) is 0 Å². The molecule has 2 saturated carbocycles. The first-order chi connectivity index (χ1) is 8.82. The number of carboxylic acid groups (broad SMARTS) is 2. The molecule has 0 aliphatic heterocycles. The van der Waals surface area contributed by atoms with Crippen molar-refractivity contribution in [3.05, 3.63) is 0 Å². The zero-order valence-corrected chi connectivity index (χ0v) is 11.3. The molecule has 2 rings (SSSR count). The van der Waals surface area contributed by atoms with Crippen LogP contribution in [0.1, 0.15) is 12.8 Å². The standard InChI is InChI=1S/C11H16N2O6.ClH/c12-11(10(19)13-5(3-14)8(15)16)2-1-4-6(7(4)11)9(17)18;/h4-7,14H,1-3,12H2,(H,13,19)(H,15,16)(H,17,18);1H/t4-,5?,6-,7-,11-;/m0./s1. The number of hydrogen-bond donors (Lipinski definition) is 5. The Labute approximate surface area is 120 Å². The maximum absolute atomic E-state index is 12.0. The zero-order valence-electron chi connectivity index (χ0n) is 10.5. The van der Waals surface area contributed by atoms with Crippen molar-refractivity contribution < 1.29 is 29.7 Å². The highest BCUT2D eigenvalue weighted by molar-refractivity contribution is 5.92. The van der Waals surface area contributed by atoms with Crippen molar-refractivity contribution in [2.75, 3.05) is 6.61 Å². The maximum atomic E-state index is 12.0. The van der Waals surface area contributed by atoms with Gasteiger partial charge in [-0.3, -0.25) is 9.59 Å². The number of halogens is 1. The Kier molecular flexibility index (Phi) is 4.62. The van der Waals surface area contributed by atoms with Crippen molar-refractivity contribution in [2.24, 2.45) is 23.5 Å². The maximum Gasteiger partial charge on any atom is 0.328 e. The number of hydrogen-bond acceptors (Lipinski definition) is 5. The van der Waals surface area contributed by atoms with Crippen molar-refractivity contribution >= 4 is 30.3 Å². The molecule has 0 bridgehead atoms. The molecule has 6 N–H and O–H groups in total. The number of carboxylic acids is 2. The second-order valence-corrected chi connectivity index (χ2v) is 5.18. The van der Waals surface area contributed by atoms with Gasteiger partial charge in [-0.25, -0.2) is 4.79 Å². The highest BCUT2D eigenvalue weighted by atomic mass is 35.5. The average Bonchev–Trinajstić information content (AvgIpc) is 2.99. The van der Waals surface area contributed by atoms with E-state index in [1.807, 2.05) is 0 Å². The minimum absolute atomic E-state index is 0. The largest absolute Gasteiger partial charge is 0.481 e. The predicted octanol–water partition coefficient (Wildman–Crippen LogP) is -1.59. The second kappa shape index (κ2) is 5.55. The number of nitrogens with one attached hydrogen (secondary N) is 1. The molecule has 0 spiro atoms. The summed E-state index contributed by atoms with van der Waals surface area (Å²) < 4.78 is 0. The van der Waals surface area contributed by atoms with Crippen LogP contribution in [0, 0.1) is 17.8 Å². The molecule has 2 fully saturated rings. The van der Waals surface area contributed by atoms with Gasteiger partial charge in [0.25, 0.3) is 0 Å². The van der Waals surface area contributed by atoms with Crippen LogP contribution in [0.4, 0.5) is 0 Å². The molecular weight excluding hydrogens is 292 g/mol. The van der Waals surface area contributed by atoms with Gasteiger partial charge in [-0.1, -0.05) is 0 Å². The average molecular weight is 309 g/mol. The van der Waals surface area contributed by atoms with Gasteiger partial charge in [0.15, 0.2) is 0 Å². The van der Waals surface area contributed by atoms with Crippen LogP contribution in [0.25, 0.3) is 0 Å². The molecule has 9 heteroatoms. The molecule has 0 saturated heterocycles. The van der Waals surface area contributed by atoms with E-state index in [2.05, 4.69) is 5.32 Å². The van der Waals surface area contributed by atoms with Gasteiger partial charge in [0.2, 0.25) is 5.91 Å². The molecule has 8 nitrogen and oxygen atoms in total. The zero-order chi connectivity index (χ0) is 14.4. The Balaban J connectivity index is 0.00000200. The van der Waals surface area contributed by atoms with Gasteiger partial charge in [0, 0.05) is 5.92 Å². The smallest absolute Gasteiger partial charge is 0.328 e. The number of fused-ring (bicyclic) bond motifs is 1. The van der Waals surface area contributed by atoms with E-state index in [9.17, 15) is 14.4 Å². The van der Waals surface area contributed by atoms with Crippen LogP contribution in [-0.2, 0) is 14.4 Å². The first-order valence-corrected chi connectivity index (χ1v) is 5.99. The number of aliphatic carboxylic acids is 2.